The molecule has 2 rings (SSSR count). The number of fused-ring (bicyclic) bond motifs is 1. The van der Waals surface area contributed by atoms with Crippen LogP contribution in [0, 0.1) is 0 Å². The molecule has 2 unspecified atom stereocenters. The largest absolute Gasteiger partial charge is 0.392 e. The Morgan fingerprint density at radius 2 is 2.12 bits per heavy atom. The van der Waals surface area contributed by atoms with Crippen LogP contribution in [0.15, 0.2) is 24.3 Å². The SMILES string of the molecule is CC(O)C(C)(C)NCC1Cc2ccccc21. The molecule has 0 bridgehead atoms. The van der Waals surface area contributed by atoms with E-state index >= 15 is 0 Å². The van der Waals surface area contributed by atoms with Crippen molar-refractivity contribution in [1.29, 1.82) is 0 Å². The van der Waals surface area contributed by atoms with Gasteiger partial charge in [0.15, 0.2) is 0 Å². The summed E-state index contributed by atoms with van der Waals surface area (Å²) in [5, 5.41) is 13.1. The van der Waals surface area contributed by atoms with Crippen LogP contribution in [0.4, 0.5) is 0 Å². The molecule has 2 heteroatoms. The van der Waals surface area contributed by atoms with Gasteiger partial charge >= 0.3 is 0 Å². The van der Waals surface area contributed by atoms with Gasteiger partial charge in [0.2, 0.25) is 0 Å². The van der Waals surface area contributed by atoms with E-state index in [1.54, 1.807) is 0 Å². The Balaban J connectivity index is 1.91. The molecule has 0 fully saturated rings. The highest BCUT2D eigenvalue weighted by atomic mass is 16.3. The highest BCUT2D eigenvalue weighted by Gasteiger charge is 2.29. The Hall–Kier alpha value is -0.860. The van der Waals surface area contributed by atoms with E-state index in [4.69, 9.17) is 0 Å². The predicted octanol–water partition coefficient (Wildman–Crippen LogP) is 2.08. The second-order valence-electron chi connectivity index (χ2n) is 5.38. The maximum atomic E-state index is 9.62. The van der Waals surface area contributed by atoms with Gasteiger partial charge in [-0.05, 0) is 38.3 Å². The third-order valence-electron chi connectivity index (χ3n) is 3.81. The summed E-state index contributed by atoms with van der Waals surface area (Å²) >= 11 is 0. The number of benzene rings is 1. The fourth-order valence-electron chi connectivity index (χ4n) is 2.08. The average Bonchev–Trinajstić information content (AvgIpc) is 2.19. The summed E-state index contributed by atoms with van der Waals surface area (Å²) in [5.41, 5.74) is 2.74. The molecular weight excluding hydrogens is 198 g/mol. The predicted molar refractivity (Wildman–Crippen MR) is 66.6 cm³/mol. The van der Waals surface area contributed by atoms with Crippen LogP contribution in [-0.4, -0.2) is 23.3 Å². The summed E-state index contributed by atoms with van der Waals surface area (Å²) in [6, 6.07) is 8.61. The third-order valence-corrected chi connectivity index (χ3v) is 3.81. The first kappa shape index (κ1) is 11.6. The van der Waals surface area contributed by atoms with Crippen molar-refractivity contribution in [3.8, 4) is 0 Å². The van der Waals surface area contributed by atoms with E-state index in [1.165, 1.54) is 17.5 Å². The minimum atomic E-state index is -0.331. The summed E-state index contributed by atoms with van der Waals surface area (Å²) < 4.78 is 0. The molecule has 88 valence electrons. The summed E-state index contributed by atoms with van der Waals surface area (Å²) in [6.07, 6.45) is 0.835. The first-order valence-electron chi connectivity index (χ1n) is 6.01. The minimum Gasteiger partial charge on any atom is -0.392 e. The van der Waals surface area contributed by atoms with Gasteiger partial charge in [0.1, 0.15) is 0 Å². The van der Waals surface area contributed by atoms with Crippen LogP contribution >= 0.6 is 0 Å². The van der Waals surface area contributed by atoms with Crippen molar-refractivity contribution < 1.29 is 5.11 Å². The topological polar surface area (TPSA) is 32.3 Å². The van der Waals surface area contributed by atoms with Crippen molar-refractivity contribution in [3.63, 3.8) is 0 Å². The van der Waals surface area contributed by atoms with E-state index in [0.717, 1.165) is 6.54 Å². The normalized spacial score (nSPS) is 21.1. The molecule has 1 aliphatic rings. The van der Waals surface area contributed by atoms with E-state index in [1.807, 2.05) is 20.8 Å². The van der Waals surface area contributed by atoms with Gasteiger partial charge in [-0.2, -0.15) is 0 Å². The van der Waals surface area contributed by atoms with Gasteiger partial charge < -0.3 is 10.4 Å². The van der Waals surface area contributed by atoms with Crippen molar-refractivity contribution in [1.82, 2.24) is 5.32 Å². The van der Waals surface area contributed by atoms with Crippen molar-refractivity contribution in [2.24, 2.45) is 0 Å². The van der Waals surface area contributed by atoms with E-state index in [-0.39, 0.29) is 11.6 Å². The Labute approximate surface area is 97.7 Å². The van der Waals surface area contributed by atoms with Crippen LogP contribution < -0.4 is 5.32 Å². The highest BCUT2D eigenvalue weighted by molar-refractivity contribution is 5.40. The monoisotopic (exact) mass is 219 g/mol. The lowest BCUT2D eigenvalue weighted by molar-refractivity contribution is 0.0952. The summed E-state index contributed by atoms with van der Waals surface area (Å²) in [7, 11) is 0. The Kier molecular flexibility index (Phi) is 3.04. The van der Waals surface area contributed by atoms with Gasteiger partial charge in [-0.3, -0.25) is 0 Å². The van der Waals surface area contributed by atoms with Gasteiger partial charge in [0.05, 0.1) is 6.10 Å². The fraction of sp³-hybridized carbons (Fsp3) is 0.571. The fourth-order valence-corrected chi connectivity index (χ4v) is 2.08. The van der Waals surface area contributed by atoms with E-state index in [9.17, 15) is 5.11 Å². The van der Waals surface area contributed by atoms with Crippen molar-refractivity contribution in [2.75, 3.05) is 6.54 Å². The molecule has 2 nitrogen and oxygen atoms in total. The van der Waals surface area contributed by atoms with E-state index < -0.39 is 0 Å². The van der Waals surface area contributed by atoms with Gasteiger partial charge in [-0.25, -0.2) is 0 Å². The van der Waals surface area contributed by atoms with Crippen LogP contribution in [0.1, 0.15) is 37.8 Å². The molecule has 0 saturated heterocycles. The number of rotatable bonds is 4. The summed E-state index contributed by atoms with van der Waals surface area (Å²) in [6.45, 7) is 6.88. The molecule has 16 heavy (non-hydrogen) atoms. The first-order valence-corrected chi connectivity index (χ1v) is 6.01. The molecule has 2 atom stereocenters. The Morgan fingerprint density at radius 3 is 2.75 bits per heavy atom. The van der Waals surface area contributed by atoms with Gasteiger partial charge in [-0.1, -0.05) is 24.3 Å². The molecule has 0 aliphatic heterocycles. The molecule has 1 aromatic carbocycles. The summed E-state index contributed by atoms with van der Waals surface area (Å²) in [4.78, 5) is 0. The maximum absolute atomic E-state index is 9.62. The molecule has 0 radical (unpaired) electrons. The smallest absolute Gasteiger partial charge is 0.0688 e. The van der Waals surface area contributed by atoms with E-state index in [0.29, 0.717) is 5.92 Å². The zero-order valence-corrected chi connectivity index (χ0v) is 10.3. The second kappa shape index (κ2) is 4.19. The number of aliphatic hydroxyl groups excluding tert-OH is 1. The molecular formula is C14H21NO. The first-order chi connectivity index (χ1) is 7.50. The molecule has 1 aromatic rings. The summed E-state index contributed by atoms with van der Waals surface area (Å²) in [5.74, 6) is 0.620. The minimum absolute atomic E-state index is 0.204. The van der Waals surface area contributed by atoms with Crippen LogP contribution in [0.2, 0.25) is 0 Å². The van der Waals surface area contributed by atoms with E-state index in [2.05, 4.69) is 29.6 Å². The number of hydrogen-bond acceptors (Lipinski definition) is 2. The molecule has 1 aliphatic carbocycles. The zero-order chi connectivity index (χ0) is 11.8. The number of aliphatic hydroxyl groups is 1. The zero-order valence-electron chi connectivity index (χ0n) is 10.3. The molecule has 0 spiro atoms. The van der Waals surface area contributed by atoms with Gasteiger partial charge in [0.25, 0.3) is 0 Å². The Morgan fingerprint density at radius 1 is 1.44 bits per heavy atom. The van der Waals surface area contributed by atoms with Crippen LogP contribution in [0.25, 0.3) is 0 Å². The lowest BCUT2D eigenvalue weighted by atomic mass is 9.77. The number of nitrogens with one attached hydrogen (secondary N) is 1. The molecule has 0 aromatic heterocycles. The Bertz CT molecular complexity index is 371. The van der Waals surface area contributed by atoms with Crippen LogP contribution in [-0.2, 0) is 6.42 Å². The number of hydrogen-bond donors (Lipinski definition) is 2. The van der Waals surface area contributed by atoms with Crippen LogP contribution in [0.3, 0.4) is 0 Å². The third kappa shape index (κ3) is 2.13. The van der Waals surface area contributed by atoms with Gasteiger partial charge in [-0.15, -0.1) is 0 Å². The molecule has 0 amide bonds. The average molecular weight is 219 g/mol. The molecule has 0 saturated carbocycles. The van der Waals surface area contributed by atoms with Crippen molar-refractivity contribution >= 4 is 0 Å². The standard InChI is InChI=1S/C14H21NO/c1-10(16)14(2,3)15-9-12-8-11-6-4-5-7-13(11)12/h4-7,10,12,15-16H,8-9H2,1-3H3. The second-order valence-corrected chi connectivity index (χ2v) is 5.38. The molecule has 0 heterocycles. The van der Waals surface area contributed by atoms with Crippen LogP contribution in [0.5, 0.6) is 0 Å². The lowest BCUT2D eigenvalue weighted by Crippen LogP contribution is -2.50. The van der Waals surface area contributed by atoms with Crippen molar-refractivity contribution in [3.05, 3.63) is 35.4 Å². The quantitative estimate of drug-likeness (QED) is 0.812. The molecule has 2 N–H and O–H groups in total. The van der Waals surface area contributed by atoms with Gasteiger partial charge in [0, 0.05) is 18.0 Å². The maximum Gasteiger partial charge on any atom is 0.0688 e. The van der Waals surface area contributed by atoms with Crippen molar-refractivity contribution in [2.45, 2.75) is 44.8 Å². The highest BCUT2D eigenvalue weighted by Crippen LogP contribution is 2.34. The lowest BCUT2D eigenvalue weighted by Gasteiger charge is -2.36.